The molecule has 1 heterocycles. The minimum atomic E-state index is 0.707. The average molecular weight is 240 g/mol. The number of piperidine rings is 1. The maximum Gasteiger partial charge on any atom is 0.00388 e. The number of nitrogens with zero attached hydrogens (tertiary/aromatic N) is 1. The number of nitrogens with one attached hydrogen (secondary N) is 1. The molecule has 102 valence electrons. The van der Waals surface area contributed by atoms with Crippen LogP contribution in [0, 0.1) is 5.92 Å². The van der Waals surface area contributed by atoms with Gasteiger partial charge >= 0.3 is 0 Å². The third-order valence-electron chi connectivity index (χ3n) is 3.97. The molecule has 0 spiro atoms. The summed E-state index contributed by atoms with van der Waals surface area (Å²) in [7, 11) is 2.25. The monoisotopic (exact) mass is 240 g/mol. The van der Waals surface area contributed by atoms with Crippen LogP contribution in [0.25, 0.3) is 0 Å². The van der Waals surface area contributed by atoms with Crippen LogP contribution < -0.4 is 5.32 Å². The van der Waals surface area contributed by atoms with E-state index in [4.69, 9.17) is 0 Å². The molecule has 0 aliphatic carbocycles. The summed E-state index contributed by atoms with van der Waals surface area (Å²) in [6.07, 6.45) is 9.70. The highest BCUT2D eigenvalue weighted by atomic mass is 15.1. The molecule has 1 N–H and O–H groups in total. The second-order valence-corrected chi connectivity index (χ2v) is 5.93. The molecule has 17 heavy (non-hydrogen) atoms. The molecular formula is C15H32N2. The summed E-state index contributed by atoms with van der Waals surface area (Å²) in [5.74, 6) is 0.881. The van der Waals surface area contributed by atoms with Gasteiger partial charge in [-0.25, -0.2) is 0 Å². The zero-order valence-electron chi connectivity index (χ0n) is 12.2. The topological polar surface area (TPSA) is 15.3 Å². The second kappa shape index (κ2) is 8.93. The molecule has 2 atom stereocenters. The van der Waals surface area contributed by atoms with Gasteiger partial charge in [-0.1, -0.05) is 32.6 Å². The molecule has 0 aromatic heterocycles. The number of hydrogen-bond acceptors (Lipinski definition) is 2. The van der Waals surface area contributed by atoms with Gasteiger partial charge in [0.15, 0.2) is 0 Å². The predicted octanol–water partition coefficient (Wildman–Crippen LogP) is 3.28. The first-order valence-corrected chi connectivity index (χ1v) is 7.64. The summed E-state index contributed by atoms with van der Waals surface area (Å²) >= 11 is 0. The normalized spacial score (nSPS) is 23.8. The average Bonchev–Trinajstić information content (AvgIpc) is 2.32. The lowest BCUT2D eigenvalue weighted by Gasteiger charge is -2.30. The maximum atomic E-state index is 3.72. The van der Waals surface area contributed by atoms with Crippen LogP contribution in [0.3, 0.4) is 0 Å². The van der Waals surface area contributed by atoms with Crippen LogP contribution in [0.15, 0.2) is 0 Å². The van der Waals surface area contributed by atoms with Crippen molar-refractivity contribution >= 4 is 0 Å². The van der Waals surface area contributed by atoms with Gasteiger partial charge in [0.25, 0.3) is 0 Å². The Bertz CT molecular complexity index is 182. The lowest BCUT2D eigenvalue weighted by atomic mass is 9.98. The molecule has 2 nitrogen and oxygen atoms in total. The largest absolute Gasteiger partial charge is 0.314 e. The second-order valence-electron chi connectivity index (χ2n) is 5.93. The quantitative estimate of drug-likeness (QED) is 0.655. The Morgan fingerprint density at radius 3 is 2.82 bits per heavy atom. The Hall–Kier alpha value is -0.0800. The van der Waals surface area contributed by atoms with Gasteiger partial charge < -0.3 is 10.2 Å². The van der Waals surface area contributed by atoms with Crippen LogP contribution in [0.2, 0.25) is 0 Å². The van der Waals surface area contributed by atoms with E-state index in [2.05, 4.69) is 31.1 Å². The Labute approximate surface area is 108 Å². The first-order chi connectivity index (χ1) is 8.22. The third kappa shape index (κ3) is 7.05. The number of rotatable bonds is 8. The lowest BCUT2D eigenvalue weighted by Crippen LogP contribution is -2.39. The highest BCUT2D eigenvalue weighted by Gasteiger charge is 2.17. The highest BCUT2D eigenvalue weighted by Crippen LogP contribution is 2.14. The Kier molecular flexibility index (Phi) is 7.87. The minimum Gasteiger partial charge on any atom is -0.314 e. The molecule has 0 radical (unpaired) electrons. The van der Waals surface area contributed by atoms with E-state index in [1.54, 1.807) is 0 Å². The first-order valence-electron chi connectivity index (χ1n) is 7.64. The van der Waals surface area contributed by atoms with E-state index in [1.165, 1.54) is 64.6 Å². The van der Waals surface area contributed by atoms with Crippen molar-refractivity contribution in [1.29, 1.82) is 0 Å². The number of likely N-dealkylation sites (tertiary alicyclic amines) is 1. The van der Waals surface area contributed by atoms with Gasteiger partial charge in [-0.05, 0) is 52.2 Å². The van der Waals surface area contributed by atoms with Crippen LogP contribution in [0.4, 0.5) is 0 Å². The smallest absolute Gasteiger partial charge is 0.00388 e. The summed E-state index contributed by atoms with van der Waals surface area (Å²) < 4.78 is 0. The Balaban J connectivity index is 2.00. The van der Waals surface area contributed by atoms with Crippen LogP contribution >= 0.6 is 0 Å². The van der Waals surface area contributed by atoms with E-state index in [0.29, 0.717) is 6.04 Å². The van der Waals surface area contributed by atoms with Crippen molar-refractivity contribution in [3.63, 3.8) is 0 Å². The summed E-state index contributed by atoms with van der Waals surface area (Å²) in [6, 6.07) is 0.707. The van der Waals surface area contributed by atoms with Gasteiger partial charge in [0.05, 0.1) is 0 Å². The molecule has 0 aromatic carbocycles. The summed E-state index contributed by atoms with van der Waals surface area (Å²) in [5, 5.41) is 3.72. The van der Waals surface area contributed by atoms with Crippen LogP contribution in [-0.4, -0.2) is 37.6 Å². The van der Waals surface area contributed by atoms with Crippen molar-refractivity contribution in [1.82, 2.24) is 10.2 Å². The molecule has 1 aliphatic rings. The van der Waals surface area contributed by atoms with Crippen LogP contribution in [0.1, 0.15) is 58.8 Å². The van der Waals surface area contributed by atoms with Gasteiger partial charge in [-0.2, -0.15) is 0 Å². The van der Waals surface area contributed by atoms with Crippen molar-refractivity contribution in [2.75, 3.05) is 26.7 Å². The first kappa shape index (κ1) is 15.0. The maximum absolute atomic E-state index is 3.72. The lowest BCUT2D eigenvalue weighted by molar-refractivity contribution is 0.202. The molecule has 0 bridgehead atoms. The molecule has 1 aliphatic heterocycles. The molecule has 1 rings (SSSR count). The summed E-state index contributed by atoms with van der Waals surface area (Å²) in [5.41, 5.74) is 0. The minimum absolute atomic E-state index is 0.707. The summed E-state index contributed by atoms with van der Waals surface area (Å²) in [4.78, 5) is 2.47. The standard InChI is InChI=1S/C15H32N2/c1-4-5-6-7-9-14(2)16-12-15-10-8-11-17(3)13-15/h14-16H,4-13H2,1-3H3. The van der Waals surface area contributed by atoms with E-state index in [0.717, 1.165) is 5.92 Å². The third-order valence-corrected chi connectivity index (χ3v) is 3.97. The van der Waals surface area contributed by atoms with E-state index < -0.39 is 0 Å². The highest BCUT2D eigenvalue weighted by molar-refractivity contribution is 4.74. The van der Waals surface area contributed by atoms with Crippen LogP contribution in [-0.2, 0) is 0 Å². The zero-order valence-corrected chi connectivity index (χ0v) is 12.2. The van der Waals surface area contributed by atoms with Gasteiger partial charge in [-0.3, -0.25) is 0 Å². The molecule has 2 unspecified atom stereocenters. The van der Waals surface area contributed by atoms with Gasteiger partial charge in [0.2, 0.25) is 0 Å². The van der Waals surface area contributed by atoms with E-state index in [-0.39, 0.29) is 0 Å². The Morgan fingerprint density at radius 1 is 1.29 bits per heavy atom. The zero-order chi connectivity index (χ0) is 12.5. The summed E-state index contributed by atoms with van der Waals surface area (Å²) in [6.45, 7) is 8.43. The SMILES string of the molecule is CCCCCCC(C)NCC1CCCN(C)C1. The molecule has 0 saturated carbocycles. The van der Waals surface area contributed by atoms with Crippen molar-refractivity contribution < 1.29 is 0 Å². The molecule has 1 fully saturated rings. The van der Waals surface area contributed by atoms with Gasteiger partial charge in [0, 0.05) is 12.6 Å². The fourth-order valence-corrected chi connectivity index (χ4v) is 2.79. The molecular weight excluding hydrogens is 208 g/mol. The van der Waals surface area contributed by atoms with Gasteiger partial charge in [0.1, 0.15) is 0 Å². The van der Waals surface area contributed by atoms with Crippen molar-refractivity contribution in [2.24, 2.45) is 5.92 Å². The Morgan fingerprint density at radius 2 is 2.12 bits per heavy atom. The van der Waals surface area contributed by atoms with Crippen molar-refractivity contribution in [3.05, 3.63) is 0 Å². The fourth-order valence-electron chi connectivity index (χ4n) is 2.79. The molecule has 2 heteroatoms. The van der Waals surface area contributed by atoms with E-state index >= 15 is 0 Å². The fraction of sp³-hybridized carbons (Fsp3) is 1.00. The molecule has 1 saturated heterocycles. The van der Waals surface area contributed by atoms with Crippen molar-refractivity contribution in [2.45, 2.75) is 64.8 Å². The predicted molar refractivity (Wildman–Crippen MR) is 76.4 cm³/mol. The number of hydrogen-bond donors (Lipinski definition) is 1. The van der Waals surface area contributed by atoms with Crippen LogP contribution in [0.5, 0.6) is 0 Å². The molecule has 0 aromatic rings. The number of unbranched alkanes of at least 4 members (excludes halogenated alkanes) is 3. The van der Waals surface area contributed by atoms with Crippen molar-refractivity contribution in [3.8, 4) is 0 Å². The van der Waals surface area contributed by atoms with E-state index in [1.807, 2.05) is 0 Å². The van der Waals surface area contributed by atoms with Gasteiger partial charge in [-0.15, -0.1) is 0 Å². The van der Waals surface area contributed by atoms with E-state index in [9.17, 15) is 0 Å². The molecule has 0 amide bonds.